The molecule has 2 fully saturated rings. The van der Waals surface area contributed by atoms with Crippen molar-refractivity contribution in [2.75, 3.05) is 32.0 Å². The first-order valence-electron chi connectivity index (χ1n) is 13.9. The number of carbonyl (C=O) groups is 1. The Balaban J connectivity index is 1.10. The van der Waals surface area contributed by atoms with Crippen molar-refractivity contribution in [3.8, 4) is 23.0 Å². The van der Waals surface area contributed by atoms with Crippen molar-refractivity contribution >= 4 is 22.8 Å². The van der Waals surface area contributed by atoms with Crippen LogP contribution in [-0.4, -0.2) is 69.7 Å². The predicted octanol–water partition coefficient (Wildman–Crippen LogP) is 5.60. The maximum atomic E-state index is 12.9. The Morgan fingerprint density at radius 2 is 1.80 bits per heavy atom. The number of fused-ring (bicyclic) bond motifs is 1. The number of anilines is 1. The fourth-order valence-electron chi connectivity index (χ4n) is 5.10. The van der Waals surface area contributed by atoms with Crippen molar-refractivity contribution in [3.63, 3.8) is 0 Å². The van der Waals surface area contributed by atoms with Gasteiger partial charge in [-0.3, -0.25) is 14.8 Å². The molecular formula is C31H34N6O3. The number of ether oxygens (including phenoxy) is 2. The van der Waals surface area contributed by atoms with E-state index in [-0.39, 0.29) is 11.9 Å². The summed E-state index contributed by atoms with van der Waals surface area (Å²) in [4.78, 5) is 21.6. The molecule has 2 aliphatic rings. The largest absolute Gasteiger partial charge is 0.457 e. The van der Waals surface area contributed by atoms with Crippen LogP contribution in [0.25, 0.3) is 11.0 Å². The Labute approximate surface area is 233 Å². The Morgan fingerprint density at radius 1 is 1.05 bits per heavy atom. The second-order valence-electron chi connectivity index (χ2n) is 10.4. The van der Waals surface area contributed by atoms with Gasteiger partial charge in [0.05, 0.1) is 0 Å². The van der Waals surface area contributed by atoms with E-state index in [1.165, 1.54) is 12.8 Å². The highest BCUT2D eigenvalue weighted by atomic mass is 16.5. The quantitative estimate of drug-likeness (QED) is 0.240. The molecule has 4 aromatic rings. The lowest BCUT2D eigenvalue weighted by Gasteiger charge is -2.24. The average Bonchev–Trinajstić information content (AvgIpc) is 3.58. The van der Waals surface area contributed by atoms with E-state index < -0.39 is 0 Å². The van der Waals surface area contributed by atoms with Gasteiger partial charge in [-0.2, -0.15) is 5.10 Å². The molecule has 1 unspecified atom stereocenters. The molecule has 2 aromatic heterocycles. The summed E-state index contributed by atoms with van der Waals surface area (Å²) in [6.07, 6.45) is 9.88. The molecule has 0 radical (unpaired) electrons. The van der Waals surface area contributed by atoms with E-state index in [9.17, 15) is 4.79 Å². The van der Waals surface area contributed by atoms with Gasteiger partial charge < -0.3 is 19.7 Å². The number of nitrogens with zero attached hydrogens (tertiary/aromatic N) is 4. The summed E-state index contributed by atoms with van der Waals surface area (Å²) in [5, 5.41) is 11.7. The van der Waals surface area contributed by atoms with E-state index >= 15 is 0 Å². The van der Waals surface area contributed by atoms with Crippen LogP contribution in [0, 0.1) is 0 Å². The van der Waals surface area contributed by atoms with Crippen molar-refractivity contribution in [1.82, 2.24) is 25.0 Å². The van der Waals surface area contributed by atoms with Crippen LogP contribution in [0.4, 0.5) is 5.82 Å². The molecular weight excluding hydrogens is 504 g/mol. The lowest BCUT2D eigenvalue weighted by atomic mass is 10.2. The number of amides is 1. The van der Waals surface area contributed by atoms with Crippen LogP contribution in [0.15, 0.2) is 79.0 Å². The molecule has 40 heavy (non-hydrogen) atoms. The number of aromatic amines is 1. The van der Waals surface area contributed by atoms with Crippen LogP contribution in [0.2, 0.25) is 0 Å². The van der Waals surface area contributed by atoms with Crippen LogP contribution in [0.3, 0.4) is 0 Å². The predicted molar refractivity (Wildman–Crippen MR) is 155 cm³/mol. The highest BCUT2D eigenvalue weighted by Gasteiger charge is 2.28. The third-order valence-corrected chi connectivity index (χ3v) is 7.44. The molecule has 2 N–H and O–H groups in total. The number of hydrogen-bond acceptors (Lipinski definition) is 7. The molecule has 1 saturated heterocycles. The number of likely N-dealkylation sites (tertiary alicyclic amines) is 1. The van der Waals surface area contributed by atoms with Gasteiger partial charge in [-0.05, 0) is 69.1 Å². The number of para-hydroxylation sites is 1. The Morgan fingerprint density at radius 3 is 2.58 bits per heavy atom. The molecule has 206 valence electrons. The second kappa shape index (κ2) is 11.8. The SMILES string of the molecule is CN(CC=CC(=O)N1CCCC1CNc1n[nH]c2nccc(Oc3ccc(Oc4ccccc4)cc3)c12)C1CC1. The molecule has 9 heteroatoms. The van der Waals surface area contributed by atoms with Crippen LogP contribution in [0.1, 0.15) is 25.7 Å². The Bertz CT molecular complexity index is 1470. The molecule has 1 saturated carbocycles. The van der Waals surface area contributed by atoms with Gasteiger partial charge in [-0.15, -0.1) is 0 Å². The highest BCUT2D eigenvalue weighted by Crippen LogP contribution is 2.34. The molecule has 0 spiro atoms. The normalized spacial score (nSPS) is 17.1. The Kier molecular flexibility index (Phi) is 7.63. The topological polar surface area (TPSA) is 95.6 Å². The summed E-state index contributed by atoms with van der Waals surface area (Å²) < 4.78 is 12.1. The smallest absolute Gasteiger partial charge is 0.246 e. The fraction of sp³-hybridized carbons (Fsp3) is 0.323. The molecule has 6 rings (SSSR count). The van der Waals surface area contributed by atoms with Crippen LogP contribution < -0.4 is 14.8 Å². The molecule has 9 nitrogen and oxygen atoms in total. The monoisotopic (exact) mass is 538 g/mol. The van der Waals surface area contributed by atoms with Gasteiger partial charge in [0.15, 0.2) is 11.5 Å². The minimum atomic E-state index is 0.0748. The number of rotatable bonds is 11. The zero-order valence-electron chi connectivity index (χ0n) is 22.6. The first-order valence-corrected chi connectivity index (χ1v) is 13.9. The number of nitrogens with one attached hydrogen (secondary N) is 2. The average molecular weight is 539 g/mol. The molecule has 0 bridgehead atoms. The summed E-state index contributed by atoms with van der Waals surface area (Å²) in [6, 6.07) is 19.8. The van der Waals surface area contributed by atoms with Crippen molar-refractivity contribution in [1.29, 1.82) is 0 Å². The first kappa shape index (κ1) is 25.9. The first-order chi connectivity index (χ1) is 19.6. The number of benzene rings is 2. The van der Waals surface area contributed by atoms with Gasteiger partial charge in [-0.25, -0.2) is 4.98 Å². The zero-order chi connectivity index (χ0) is 27.3. The van der Waals surface area contributed by atoms with Crippen molar-refractivity contribution in [2.24, 2.45) is 0 Å². The van der Waals surface area contributed by atoms with Gasteiger partial charge in [0.1, 0.15) is 28.4 Å². The molecule has 1 atom stereocenters. The van der Waals surface area contributed by atoms with Gasteiger partial charge in [0.25, 0.3) is 0 Å². The van der Waals surface area contributed by atoms with E-state index in [4.69, 9.17) is 9.47 Å². The van der Waals surface area contributed by atoms with E-state index in [0.29, 0.717) is 35.6 Å². The molecule has 2 aromatic carbocycles. The van der Waals surface area contributed by atoms with Gasteiger partial charge >= 0.3 is 0 Å². The second-order valence-corrected chi connectivity index (χ2v) is 10.4. The van der Waals surface area contributed by atoms with E-state index in [1.54, 1.807) is 12.3 Å². The molecule has 3 heterocycles. The molecule has 1 amide bonds. The Hall–Kier alpha value is -4.37. The lowest BCUT2D eigenvalue weighted by Crippen LogP contribution is -2.38. The summed E-state index contributed by atoms with van der Waals surface area (Å²) in [7, 11) is 2.12. The number of likely N-dealkylation sites (N-methyl/N-ethyl adjacent to an activating group) is 1. The number of H-pyrrole nitrogens is 1. The third-order valence-electron chi connectivity index (χ3n) is 7.44. The van der Waals surface area contributed by atoms with E-state index in [0.717, 1.165) is 42.8 Å². The third kappa shape index (κ3) is 6.10. The molecule has 1 aliphatic heterocycles. The van der Waals surface area contributed by atoms with E-state index in [1.807, 2.05) is 71.6 Å². The summed E-state index contributed by atoms with van der Waals surface area (Å²) in [5.74, 6) is 3.55. The van der Waals surface area contributed by atoms with Gasteiger partial charge in [0.2, 0.25) is 5.91 Å². The number of aromatic nitrogens is 3. The fourth-order valence-corrected chi connectivity index (χ4v) is 5.10. The summed E-state index contributed by atoms with van der Waals surface area (Å²) >= 11 is 0. The van der Waals surface area contributed by atoms with Crippen molar-refractivity contribution < 1.29 is 14.3 Å². The lowest BCUT2D eigenvalue weighted by molar-refractivity contribution is -0.126. The van der Waals surface area contributed by atoms with Crippen LogP contribution in [0.5, 0.6) is 23.0 Å². The van der Waals surface area contributed by atoms with Crippen LogP contribution >= 0.6 is 0 Å². The van der Waals surface area contributed by atoms with Crippen molar-refractivity contribution in [3.05, 3.63) is 79.0 Å². The van der Waals surface area contributed by atoms with Gasteiger partial charge in [-0.1, -0.05) is 24.3 Å². The number of pyridine rings is 1. The minimum absolute atomic E-state index is 0.0748. The maximum Gasteiger partial charge on any atom is 0.246 e. The highest BCUT2D eigenvalue weighted by molar-refractivity contribution is 5.93. The van der Waals surface area contributed by atoms with Crippen LogP contribution in [-0.2, 0) is 4.79 Å². The summed E-state index contributed by atoms with van der Waals surface area (Å²) in [6.45, 7) is 2.18. The van der Waals surface area contributed by atoms with Crippen molar-refractivity contribution in [2.45, 2.75) is 37.8 Å². The number of hydrogen-bond donors (Lipinski definition) is 2. The zero-order valence-corrected chi connectivity index (χ0v) is 22.6. The number of carbonyl (C=O) groups excluding carboxylic acids is 1. The van der Waals surface area contributed by atoms with Gasteiger partial charge in [0, 0.05) is 50.1 Å². The standard InChI is InChI=1S/C31H34N6O3/c1-36(22-11-12-22)19-6-10-28(38)37-20-5-7-23(37)21-33-31-29-27(17-18-32-30(29)34-35-31)40-26-15-13-25(14-16-26)39-24-8-3-2-4-9-24/h2-4,6,8-10,13-18,22-23H,5,7,11-12,19-21H2,1H3,(H2,32,33,34,35). The maximum absolute atomic E-state index is 12.9. The summed E-state index contributed by atoms with van der Waals surface area (Å²) in [5.41, 5.74) is 0.631. The minimum Gasteiger partial charge on any atom is -0.457 e. The van der Waals surface area contributed by atoms with E-state index in [2.05, 4.69) is 32.4 Å². The molecule has 1 aliphatic carbocycles.